The normalized spacial score (nSPS) is 29.1. The Balaban J connectivity index is 2.12. The molecule has 0 aliphatic heterocycles. The maximum atomic E-state index is 9.54. The highest BCUT2D eigenvalue weighted by Crippen LogP contribution is 2.27. The van der Waals surface area contributed by atoms with Gasteiger partial charge in [0.05, 0.1) is 5.60 Å². The molecule has 1 fully saturated rings. The Morgan fingerprint density at radius 3 is 2.64 bits per heavy atom. The summed E-state index contributed by atoms with van der Waals surface area (Å²) in [5.41, 5.74) is -0.569. The Morgan fingerprint density at radius 1 is 1.36 bits per heavy atom. The second-order valence-electron chi connectivity index (χ2n) is 5.58. The average molecular weight is 199 g/mol. The maximum Gasteiger partial charge on any atom is 0.0715 e. The molecule has 0 heterocycles. The van der Waals surface area contributed by atoms with Gasteiger partial charge >= 0.3 is 0 Å². The van der Waals surface area contributed by atoms with Crippen LogP contribution in [-0.4, -0.2) is 23.8 Å². The van der Waals surface area contributed by atoms with Crippen molar-refractivity contribution in [2.45, 2.75) is 52.1 Å². The first-order chi connectivity index (χ1) is 6.47. The highest BCUT2D eigenvalue weighted by Gasteiger charge is 2.19. The standard InChI is InChI=1S/C12H25NO/c1-10-5-4-6-11(7-10)8-13-9-12(2,3)14/h10-11,13-14H,4-9H2,1-3H3. The summed E-state index contributed by atoms with van der Waals surface area (Å²) in [7, 11) is 0. The molecule has 2 nitrogen and oxygen atoms in total. The van der Waals surface area contributed by atoms with E-state index in [4.69, 9.17) is 0 Å². The second-order valence-corrected chi connectivity index (χ2v) is 5.58. The van der Waals surface area contributed by atoms with Crippen LogP contribution in [0.4, 0.5) is 0 Å². The smallest absolute Gasteiger partial charge is 0.0715 e. The molecule has 2 unspecified atom stereocenters. The molecule has 2 heteroatoms. The molecule has 0 aromatic heterocycles. The maximum absolute atomic E-state index is 9.54. The third kappa shape index (κ3) is 4.97. The first-order valence-corrected chi connectivity index (χ1v) is 5.90. The SMILES string of the molecule is CC1CCCC(CNCC(C)(C)O)C1. The predicted molar refractivity (Wildman–Crippen MR) is 60.3 cm³/mol. The van der Waals surface area contributed by atoms with Crippen LogP contribution in [0.3, 0.4) is 0 Å². The lowest BCUT2D eigenvalue weighted by molar-refractivity contribution is 0.0776. The highest BCUT2D eigenvalue weighted by atomic mass is 16.3. The summed E-state index contributed by atoms with van der Waals surface area (Å²) in [4.78, 5) is 0. The van der Waals surface area contributed by atoms with E-state index in [1.807, 2.05) is 13.8 Å². The Kier molecular flexibility index (Phi) is 4.39. The summed E-state index contributed by atoms with van der Waals surface area (Å²) in [5, 5.41) is 12.9. The second kappa shape index (κ2) is 5.13. The van der Waals surface area contributed by atoms with Crippen LogP contribution in [0.5, 0.6) is 0 Å². The average Bonchev–Trinajstić information content (AvgIpc) is 2.01. The molecule has 1 saturated carbocycles. The van der Waals surface area contributed by atoms with E-state index in [-0.39, 0.29) is 0 Å². The zero-order valence-corrected chi connectivity index (χ0v) is 9.84. The van der Waals surface area contributed by atoms with Crippen LogP contribution < -0.4 is 5.32 Å². The van der Waals surface area contributed by atoms with Crippen LogP contribution in [0.2, 0.25) is 0 Å². The van der Waals surface area contributed by atoms with Crippen molar-refractivity contribution in [3.8, 4) is 0 Å². The van der Waals surface area contributed by atoms with Gasteiger partial charge in [-0.05, 0) is 45.1 Å². The largest absolute Gasteiger partial charge is 0.389 e. The lowest BCUT2D eigenvalue weighted by atomic mass is 9.82. The minimum atomic E-state index is -0.569. The van der Waals surface area contributed by atoms with Gasteiger partial charge in [-0.25, -0.2) is 0 Å². The molecule has 0 saturated heterocycles. The number of nitrogens with one attached hydrogen (secondary N) is 1. The van der Waals surface area contributed by atoms with Crippen molar-refractivity contribution in [2.75, 3.05) is 13.1 Å². The van der Waals surface area contributed by atoms with Gasteiger partial charge in [-0.2, -0.15) is 0 Å². The number of hydrogen-bond acceptors (Lipinski definition) is 2. The molecule has 0 bridgehead atoms. The Bertz CT molecular complexity index is 162. The lowest BCUT2D eigenvalue weighted by Crippen LogP contribution is -2.37. The van der Waals surface area contributed by atoms with Gasteiger partial charge in [0, 0.05) is 6.54 Å². The molecule has 2 N–H and O–H groups in total. The molecule has 0 amide bonds. The van der Waals surface area contributed by atoms with E-state index in [1.165, 1.54) is 25.7 Å². The molecule has 1 rings (SSSR count). The monoisotopic (exact) mass is 199 g/mol. The summed E-state index contributed by atoms with van der Waals surface area (Å²) < 4.78 is 0. The van der Waals surface area contributed by atoms with E-state index in [2.05, 4.69) is 12.2 Å². The predicted octanol–water partition coefficient (Wildman–Crippen LogP) is 2.17. The van der Waals surface area contributed by atoms with E-state index in [1.54, 1.807) is 0 Å². The van der Waals surface area contributed by atoms with Gasteiger partial charge in [0.1, 0.15) is 0 Å². The minimum absolute atomic E-state index is 0.569. The van der Waals surface area contributed by atoms with Crippen molar-refractivity contribution in [3.05, 3.63) is 0 Å². The van der Waals surface area contributed by atoms with Crippen LogP contribution in [0, 0.1) is 11.8 Å². The number of rotatable bonds is 4. The summed E-state index contributed by atoms with van der Waals surface area (Å²) >= 11 is 0. The van der Waals surface area contributed by atoms with Crippen molar-refractivity contribution in [1.82, 2.24) is 5.32 Å². The van der Waals surface area contributed by atoms with E-state index in [0.717, 1.165) is 18.4 Å². The van der Waals surface area contributed by atoms with Crippen molar-refractivity contribution in [2.24, 2.45) is 11.8 Å². The van der Waals surface area contributed by atoms with Crippen LogP contribution >= 0.6 is 0 Å². The van der Waals surface area contributed by atoms with Crippen molar-refractivity contribution in [1.29, 1.82) is 0 Å². The Labute approximate surface area is 88.1 Å². The minimum Gasteiger partial charge on any atom is -0.389 e. The van der Waals surface area contributed by atoms with Gasteiger partial charge < -0.3 is 10.4 Å². The third-order valence-electron chi connectivity index (χ3n) is 3.04. The van der Waals surface area contributed by atoms with Crippen molar-refractivity contribution < 1.29 is 5.11 Å². The van der Waals surface area contributed by atoms with Gasteiger partial charge in [0.25, 0.3) is 0 Å². The highest BCUT2D eigenvalue weighted by molar-refractivity contribution is 4.74. The summed E-state index contributed by atoms with van der Waals surface area (Å²) in [6, 6.07) is 0. The van der Waals surface area contributed by atoms with Gasteiger partial charge in [0.15, 0.2) is 0 Å². The fourth-order valence-electron chi connectivity index (χ4n) is 2.33. The van der Waals surface area contributed by atoms with Gasteiger partial charge in [-0.15, -0.1) is 0 Å². The van der Waals surface area contributed by atoms with Gasteiger partial charge in [0.2, 0.25) is 0 Å². The first kappa shape index (κ1) is 12.0. The van der Waals surface area contributed by atoms with Crippen LogP contribution in [0.1, 0.15) is 46.5 Å². The van der Waals surface area contributed by atoms with E-state index < -0.39 is 5.60 Å². The van der Waals surface area contributed by atoms with E-state index in [9.17, 15) is 5.11 Å². The van der Waals surface area contributed by atoms with Crippen LogP contribution in [0.15, 0.2) is 0 Å². The quantitative estimate of drug-likeness (QED) is 0.727. The summed E-state index contributed by atoms with van der Waals surface area (Å²) in [6.07, 6.45) is 5.51. The molecule has 2 atom stereocenters. The zero-order chi connectivity index (χ0) is 10.6. The lowest BCUT2D eigenvalue weighted by Gasteiger charge is -2.28. The fourth-order valence-corrected chi connectivity index (χ4v) is 2.33. The molecule has 0 radical (unpaired) electrons. The fraction of sp³-hybridized carbons (Fsp3) is 1.00. The molecule has 0 aromatic rings. The summed E-state index contributed by atoms with van der Waals surface area (Å²) in [6.45, 7) is 7.83. The Hall–Kier alpha value is -0.0800. The van der Waals surface area contributed by atoms with Crippen molar-refractivity contribution in [3.63, 3.8) is 0 Å². The van der Waals surface area contributed by atoms with E-state index in [0.29, 0.717) is 6.54 Å². The van der Waals surface area contributed by atoms with Crippen LogP contribution in [0.25, 0.3) is 0 Å². The molecular formula is C12H25NO. The van der Waals surface area contributed by atoms with Crippen LogP contribution in [-0.2, 0) is 0 Å². The van der Waals surface area contributed by atoms with Gasteiger partial charge in [-0.1, -0.05) is 19.8 Å². The molecular weight excluding hydrogens is 174 g/mol. The zero-order valence-electron chi connectivity index (χ0n) is 9.84. The molecule has 14 heavy (non-hydrogen) atoms. The first-order valence-electron chi connectivity index (χ1n) is 5.90. The molecule has 0 aromatic carbocycles. The van der Waals surface area contributed by atoms with Crippen molar-refractivity contribution >= 4 is 0 Å². The van der Waals surface area contributed by atoms with E-state index >= 15 is 0 Å². The topological polar surface area (TPSA) is 32.3 Å². The molecule has 0 spiro atoms. The number of aliphatic hydroxyl groups is 1. The molecule has 1 aliphatic carbocycles. The molecule has 1 aliphatic rings. The summed E-state index contributed by atoms with van der Waals surface area (Å²) in [5.74, 6) is 1.73. The number of hydrogen-bond donors (Lipinski definition) is 2. The van der Waals surface area contributed by atoms with Gasteiger partial charge in [-0.3, -0.25) is 0 Å². The Morgan fingerprint density at radius 2 is 2.07 bits per heavy atom. The molecule has 84 valence electrons. The third-order valence-corrected chi connectivity index (χ3v) is 3.04.